The minimum atomic E-state index is -0.107. The van der Waals surface area contributed by atoms with Gasteiger partial charge in [0.25, 0.3) is 0 Å². The lowest BCUT2D eigenvalue weighted by molar-refractivity contribution is 0.0184. The summed E-state index contributed by atoms with van der Waals surface area (Å²) in [5.41, 5.74) is 3.54. The molecule has 8 aliphatic rings. The summed E-state index contributed by atoms with van der Waals surface area (Å²) in [6.07, 6.45) is 22.2. The van der Waals surface area contributed by atoms with Crippen molar-refractivity contribution in [1.29, 1.82) is 0 Å². The van der Waals surface area contributed by atoms with Gasteiger partial charge in [-0.25, -0.2) is 0 Å². The van der Waals surface area contributed by atoms with Crippen molar-refractivity contribution in [1.82, 2.24) is 0 Å². The zero-order valence-corrected chi connectivity index (χ0v) is 27.4. The molecular formula is C36H56P2. The molecule has 8 aliphatic carbocycles. The van der Waals surface area contributed by atoms with Crippen molar-refractivity contribution in [2.24, 2.45) is 35.5 Å². The van der Waals surface area contributed by atoms with Crippen LogP contribution in [0.1, 0.15) is 130 Å². The molecule has 0 saturated heterocycles. The van der Waals surface area contributed by atoms with Gasteiger partial charge >= 0.3 is 0 Å². The van der Waals surface area contributed by atoms with Crippen molar-refractivity contribution in [3.8, 4) is 0 Å². The first-order chi connectivity index (χ1) is 17.9. The average molecular weight is 551 g/mol. The molecule has 0 aromatic heterocycles. The highest BCUT2D eigenvalue weighted by Crippen LogP contribution is 2.79. The monoisotopic (exact) mass is 550 g/mol. The molecular weight excluding hydrogens is 494 g/mol. The van der Waals surface area contributed by atoms with E-state index in [0.717, 1.165) is 45.8 Å². The van der Waals surface area contributed by atoms with Gasteiger partial charge in [0.15, 0.2) is 0 Å². The van der Waals surface area contributed by atoms with Crippen LogP contribution in [0.25, 0.3) is 0 Å². The number of hydrogen-bond acceptors (Lipinski definition) is 0. The van der Waals surface area contributed by atoms with Gasteiger partial charge in [-0.05, 0) is 157 Å². The van der Waals surface area contributed by atoms with Crippen LogP contribution >= 0.6 is 15.8 Å². The van der Waals surface area contributed by atoms with Crippen LogP contribution in [0.5, 0.6) is 0 Å². The highest BCUT2D eigenvalue weighted by molar-refractivity contribution is 7.60. The van der Waals surface area contributed by atoms with Crippen molar-refractivity contribution in [2.45, 2.75) is 152 Å². The smallest absolute Gasteiger partial charge is 0.00603 e. The Bertz CT molecular complexity index is 910. The molecule has 0 nitrogen and oxygen atoms in total. The van der Waals surface area contributed by atoms with E-state index in [4.69, 9.17) is 0 Å². The molecule has 1 aromatic rings. The SMILES string of the molecule is CC(C)(C)P(Cc1ccccc1CP(C12CC3CC(CC(C3)C1)C2)C12CC3CC(CC(C3)C1)C2)C(C)(C)C. The average Bonchev–Trinajstić information content (AvgIpc) is 2.78. The van der Waals surface area contributed by atoms with Crippen LogP contribution in [-0.2, 0) is 12.3 Å². The Morgan fingerprint density at radius 1 is 0.553 bits per heavy atom. The zero-order valence-electron chi connectivity index (χ0n) is 25.6. The largest absolute Gasteiger partial charge is 0.0911 e. The summed E-state index contributed by atoms with van der Waals surface area (Å²) in [5, 5.41) is 2.26. The molecule has 8 bridgehead atoms. The Labute approximate surface area is 237 Å². The van der Waals surface area contributed by atoms with E-state index in [1.54, 1.807) is 88.2 Å². The topological polar surface area (TPSA) is 0 Å². The van der Waals surface area contributed by atoms with Crippen LogP contribution in [0, 0.1) is 35.5 Å². The lowest BCUT2D eigenvalue weighted by Gasteiger charge is -2.67. The third-order valence-corrected chi connectivity index (χ3v) is 20.5. The van der Waals surface area contributed by atoms with E-state index in [0.29, 0.717) is 10.3 Å². The molecule has 8 saturated carbocycles. The third kappa shape index (κ3) is 4.71. The fourth-order valence-electron chi connectivity index (χ4n) is 12.3. The van der Waals surface area contributed by atoms with Gasteiger partial charge in [-0.2, -0.15) is 0 Å². The standard InChI is InChI=1S/C36H56P2/c1-33(2,3)37(34(4,5)6)23-31-9-7-8-10-32(31)24-38(35-17-25-11-26(18-35)13-27(12-25)19-35)36-20-28-14-29(21-36)16-30(15-28)22-36/h7-10,25-30H,11-24H2,1-6H3. The second-order valence-electron chi connectivity index (χ2n) is 17.6. The zero-order chi connectivity index (χ0) is 26.5. The lowest BCUT2D eigenvalue weighted by atomic mass is 9.55. The van der Waals surface area contributed by atoms with Gasteiger partial charge in [-0.3, -0.25) is 0 Å². The van der Waals surface area contributed by atoms with Crippen LogP contribution in [0.3, 0.4) is 0 Å². The van der Waals surface area contributed by atoms with Crippen LogP contribution < -0.4 is 0 Å². The first kappa shape index (κ1) is 26.9. The Balaban J connectivity index is 1.27. The molecule has 0 N–H and O–H groups in total. The molecule has 210 valence electrons. The molecule has 0 spiro atoms. The molecule has 0 amide bonds. The van der Waals surface area contributed by atoms with Gasteiger partial charge in [0.1, 0.15) is 0 Å². The Morgan fingerprint density at radius 3 is 1.18 bits per heavy atom. The van der Waals surface area contributed by atoms with Gasteiger partial charge in [-0.15, -0.1) is 0 Å². The Morgan fingerprint density at radius 2 is 0.868 bits per heavy atom. The molecule has 2 heteroatoms. The molecule has 0 heterocycles. The van der Waals surface area contributed by atoms with Crippen molar-refractivity contribution in [2.75, 3.05) is 0 Å². The van der Waals surface area contributed by atoms with E-state index < -0.39 is 0 Å². The minimum Gasteiger partial charge on any atom is -0.0911 e. The van der Waals surface area contributed by atoms with Gasteiger partial charge < -0.3 is 0 Å². The molecule has 0 atom stereocenters. The number of hydrogen-bond donors (Lipinski definition) is 0. The van der Waals surface area contributed by atoms with Crippen molar-refractivity contribution < 1.29 is 0 Å². The first-order valence-corrected chi connectivity index (χ1v) is 19.6. The highest BCUT2D eigenvalue weighted by Gasteiger charge is 2.62. The maximum atomic E-state index is 2.62. The molecule has 0 aliphatic heterocycles. The summed E-state index contributed by atoms with van der Waals surface area (Å²) in [6, 6.07) is 9.96. The summed E-state index contributed by atoms with van der Waals surface area (Å²) in [5.74, 6) is 6.53. The summed E-state index contributed by atoms with van der Waals surface area (Å²) in [6.45, 7) is 15.1. The van der Waals surface area contributed by atoms with Crippen LogP contribution in [0.2, 0.25) is 0 Å². The van der Waals surface area contributed by atoms with E-state index in [-0.39, 0.29) is 15.8 Å². The molecule has 1 aromatic carbocycles. The molecule has 8 fully saturated rings. The Hall–Kier alpha value is 0.0800. The summed E-state index contributed by atoms with van der Waals surface area (Å²) in [4.78, 5) is 0. The van der Waals surface area contributed by atoms with E-state index in [1.807, 2.05) is 0 Å². The summed E-state index contributed by atoms with van der Waals surface area (Å²) < 4.78 is 0. The van der Waals surface area contributed by atoms with E-state index in [2.05, 4.69) is 65.8 Å². The molecule has 0 radical (unpaired) electrons. The first-order valence-electron chi connectivity index (χ1n) is 16.5. The van der Waals surface area contributed by atoms with Crippen LogP contribution in [-0.4, -0.2) is 20.6 Å². The third-order valence-electron chi connectivity index (χ3n) is 12.6. The number of rotatable bonds is 6. The Kier molecular flexibility index (Phi) is 6.59. The second-order valence-corrected chi connectivity index (χ2v) is 24.5. The second kappa shape index (κ2) is 9.29. The van der Waals surface area contributed by atoms with E-state index in [1.165, 1.54) is 12.3 Å². The minimum absolute atomic E-state index is 0.0247. The van der Waals surface area contributed by atoms with E-state index in [9.17, 15) is 0 Å². The predicted molar refractivity (Wildman–Crippen MR) is 169 cm³/mol. The summed E-state index contributed by atoms with van der Waals surface area (Å²) >= 11 is 0. The van der Waals surface area contributed by atoms with E-state index >= 15 is 0 Å². The maximum absolute atomic E-state index is 2.62. The van der Waals surface area contributed by atoms with Crippen molar-refractivity contribution in [3.63, 3.8) is 0 Å². The summed E-state index contributed by atoms with van der Waals surface area (Å²) in [7, 11) is -0.0824. The lowest BCUT2D eigenvalue weighted by Crippen LogP contribution is -2.56. The fraction of sp³-hybridized carbons (Fsp3) is 0.833. The van der Waals surface area contributed by atoms with Gasteiger partial charge in [0, 0.05) is 0 Å². The molecule has 9 rings (SSSR count). The van der Waals surface area contributed by atoms with Gasteiger partial charge in [0.05, 0.1) is 0 Å². The van der Waals surface area contributed by atoms with Gasteiger partial charge in [-0.1, -0.05) is 81.7 Å². The maximum Gasteiger partial charge on any atom is -0.00603 e. The predicted octanol–water partition coefficient (Wildman–Crippen LogP) is 11.2. The van der Waals surface area contributed by atoms with Crippen LogP contribution in [0.15, 0.2) is 24.3 Å². The molecule has 0 unspecified atom stereocenters. The van der Waals surface area contributed by atoms with Gasteiger partial charge in [0.2, 0.25) is 0 Å². The molecule has 38 heavy (non-hydrogen) atoms. The normalized spacial score (nSPS) is 42.3. The highest BCUT2D eigenvalue weighted by atomic mass is 31.1. The quantitative estimate of drug-likeness (QED) is 0.309. The van der Waals surface area contributed by atoms with Crippen molar-refractivity contribution in [3.05, 3.63) is 35.4 Å². The van der Waals surface area contributed by atoms with Crippen LogP contribution in [0.4, 0.5) is 0 Å². The van der Waals surface area contributed by atoms with Crippen molar-refractivity contribution >= 4 is 15.8 Å². The number of benzene rings is 1. The fourth-order valence-corrected chi connectivity index (χ4v) is 21.1.